The molecule has 1 N–H and O–H groups in total. The predicted octanol–water partition coefficient (Wildman–Crippen LogP) is 3.93. The Labute approximate surface area is 195 Å². The van der Waals surface area contributed by atoms with Gasteiger partial charge in [0.1, 0.15) is 0 Å². The summed E-state index contributed by atoms with van der Waals surface area (Å²) in [5.41, 5.74) is 3.23. The first-order valence-corrected chi connectivity index (χ1v) is 12.5. The fraction of sp³-hybridized carbons (Fsp3) is 0.280. The molecule has 0 bridgehead atoms. The maximum absolute atomic E-state index is 13.4. The molecular formula is C25H30N4O3S. The van der Waals surface area contributed by atoms with Gasteiger partial charge >= 0.3 is 6.03 Å². The molecule has 3 rings (SSSR count). The van der Waals surface area contributed by atoms with Crippen LogP contribution >= 0.6 is 0 Å². The Morgan fingerprint density at radius 3 is 2.52 bits per heavy atom. The second kappa shape index (κ2) is 11.0. The van der Waals surface area contributed by atoms with Crippen LogP contribution in [0.1, 0.15) is 29.3 Å². The number of rotatable bonds is 10. The summed E-state index contributed by atoms with van der Waals surface area (Å²) in [5, 5.41) is 2.79. The molecule has 0 spiro atoms. The summed E-state index contributed by atoms with van der Waals surface area (Å²) in [5.74, 6) is -0.141. The van der Waals surface area contributed by atoms with Gasteiger partial charge in [-0.2, -0.15) is 0 Å². The van der Waals surface area contributed by atoms with Gasteiger partial charge in [-0.1, -0.05) is 60.7 Å². The number of sulfone groups is 1. The van der Waals surface area contributed by atoms with Crippen molar-refractivity contribution in [2.24, 2.45) is 0 Å². The normalized spacial score (nSPS) is 11.2. The Balaban J connectivity index is 2.01. The van der Waals surface area contributed by atoms with E-state index in [1.54, 1.807) is 21.7 Å². The molecular weight excluding hydrogens is 436 g/mol. The van der Waals surface area contributed by atoms with E-state index >= 15 is 0 Å². The number of hydrogen-bond acceptors (Lipinski definition) is 4. The largest absolute Gasteiger partial charge is 0.338 e. The number of aryl methyl sites for hydroxylation is 1. The molecule has 0 fully saturated rings. The molecule has 1 aromatic heterocycles. The van der Waals surface area contributed by atoms with Crippen LogP contribution in [0.15, 0.2) is 78.6 Å². The van der Waals surface area contributed by atoms with E-state index in [0.717, 1.165) is 16.7 Å². The minimum absolute atomic E-state index is 0.000871. The highest BCUT2D eigenvalue weighted by Gasteiger charge is 2.26. The molecule has 8 heteroatoms. The minimum atomic E-state index is -3.73. The molecule has 0 unspecified atom stereocenters. The van der Waals surface area contributed by atoms with E-state index in [-0.39, 0.29) is 23.5 Å². The first-order chi connectivity index (χ1) is 15.9. The molecule has 2 amide bonds. The zero-order valence-electron chi connectivity index (χ0n) is 19.1. The van der Waals surface area contributed by atoms with E-state index in [9.17, 15) is 13.2 Å². The first kappa shape index (κ1) is 24.3. The van der Waals surface area contributed by atoms with Gasteiger partial charge < -0.3 is 14.8 Å². The Bertz CT molecular complexity index is 1200. The van der Waals surface area contributed by atoms with Gasteiger partial charge in [0, 0.05) is 13.1 Å². The van der Waals surface area contributed by atoms with E-state index in [1.165, 1.54) is 0 Å². The van der Waals surface area contributed by atoms with Gasteiger partial charge in [0.25, 0.3) is 0 Å². The Hall–Kier alpha value is -3.39. The lowest BCUT2D eigenvalue weighted by molar-refractivity contribution is 0.200. The summed E-state index contributed by atoms with van der Waals surface area (Å²) < 4.78 is 28.6. The van der Waals surface area contributed by atoms with E-state index in [0.29, 0.717) is 25.3 Å². The lowest BCUT2D eigenvalue weighted by Gasteiger charge is -2.22. The quantitative estimate of drug-likeness (QED) is 0.459. The van der Waals surface area contributed by atoms with Crippen LogP contribution in [0.2, 0.25) is 0 Å². The average Bonchev–Trinajstić information content (AvgIpc) is 3.19. The molecule has 174 valence electrons. The van der Waals surface area contributed by atoms with Crippen LogP contribution in [-0.4, -0.2) is 42.0 Å². The molecule has 3 aromatic rings. The monoisotopic (exact) mass is 466 g/mol. The van der Waals surface area contributed by atoms with Gasteiger partial charge in [-0.05, 0) is 30.5 Å². The third kappa shape index (κ3) is 6.10. The number of carbonyl (C=O) groups is 1. The predicted molar refractivity (Wildman–Crippen MR) is 130 cm³/mol. The number of amides is 2. The highest BCUT2D eigenvalue weighted by molar-refractivity contribution is 7.90. The van der Waals surface area contributed by atoms with E-state index in [1.807, 2.05) is 68.4 Å². The Morgan fingerprint density at radius 2 is 1.85 bits per heavy atom. The molecule has 2 aromatic carbocycles. The number of imidazole rings is 1. The van der Waals surface area contributed by atoms with Crippen molar-refractivity contribution in [2.75, 3.05) is 13.1 Å². The van der Waals surface area contributed by atoms with Crippen LogP contribution in [0, 0.1) is 6.92 Å². The summed E-state index contributed by atoms with van der Waals surface area (Å²) in [6.07, 6.45) is 3.19. The fourth-order valence-electron chi connectivity index (χ4n) is 3.58. The van der Waals surface area contributed by atoms with E-state index < -0.39 is 9.84 Å². The minimum Gasteiger partial charge on any atom is -0.338 e. The summed E-state index contributed by atoms with van der Waals surface area (Å²) in [6, 6.07) is 16.8. The maximum Gasteiger partial charge on any atom is 0.318 e. The topological polar surface area (TPSA) is 84.3 Å². The van der Waals surface area contributed by atoms with Crippen molar-refractivity contribution in [1.82, 2.24) is 19.8 Å². The second-order valence-electron chi connectivity index (χ2n) is 7.79. The zero-order chi connectivity index (χ0) is 23.8. The highest BCUT2D eigenvalue weighted by Crippen LogP contribution is 2.21. The van der Waals surface area contributed by atoms with Crippen LogP contribution in [0.25, 0.3) is 0 Å². The third-order valence-corrected chi connectivity index (χ3v) is 6.86. The Kier molecular flexibility index (Phi) is 8.06. The van der Waals surface area contributed by atoms with Crippen molar-refractivity contribution < 1.29 is 13.2 Å². The number of urea groups is 1. The standard InChI is InChI=1S/C25H30N4O3S/c1-4-15-28(24(30)26-5-2)18-23-16-27-25(29(23)17-21-12-7-6-8-13-21)33(31,32)19-22-14-10-9-11-20(22)3/h4,6-14,16H,1,5,15,17-19H2,2-3H3,(H,26,30). The lowest BCUT2D eigenvalue weighted by Crippen LogP contribution is -2.40. The van der Waals surface area contributed by atoms with Crippen molar-refractivity contribution in [3.63, 3.8) is 0 Å². The van der Waals surface area contributed by atoms with Crippen LogP contribution in [0.5, 0.6) is 0 Å². The van der Waals surface area contributed by atoms with Crippen LogP contribution in [0.4, 0.5) is 4.79 Å². The van der Waals surface area contributed by atoms with Gasteiger partial charge in [-0.15, -0.1) is 6.58 Å². The molecule has 0 atom stereocenters. The summed E-state index contributed by atoms with van der Waals surface area (Å²) in [4.78, 5) is 18.4. The lowest BCUT2D eigenvalue weighted by atomic mass is 10.1. The van der Waals surface area contributed by atoms with E-state index in [4.69, 9.17) is 0 Å². The summed E-state index contributed by atoms with van der Waals surface area (Å²) in [7, 11) is -3.73. The van der Waals surface area contributed by atoms with Gasteiger partial charge in [-0.3, -0.25) is 0 Å². The Morgan fingerprint density at radius 1 is 1.15 bits per heavy atom. The average molecular weight is 467 g/mol. The fourth-order valence-corrected chi connectivity index (χ4v) is 5.17. The number of aromatic nitrogens is 2. The summed E-state index contributed by atoms with van der Waals surface area (Å²) in [6.45, 7) is 8.83. The first-order valence-electron chi connectivity index (χ1n) is 10.8. The van der Waals surface area contributed by atoms with Crippen molar-refractivity contribution in [3.05, 3.63) is 95.8 Å². The molecule has 0 radical (unpaired) electrons. The van der Waals surface area contributed by atoms with Crippen LogP contribution < -0.4 is 5.32 Å². The highest BCUT2D eigenvalue weighted by atomic mass is 32.2. The van der Waals surface area contributed by atoms with E-state index in [2.05, 4.69) is 16.9 Å². The third-order valence-electron chi connectivity index (χ3n) is 5.29. The van der Waals surface area contributed by atoms with Crippen molar-refractivity contribution in [1.29, 1.82) is 0 Å². The number of nitrogens with zero attached hydrogens (tertiary/aromatic N) is 3. The zero-order valence-corrected chi connectivity index (χ0v) is 19.9. The SMILES string of the molecule is C=CCN(Cc1cnc(S(=O)(=O)Cc2ccccc2C)n1Cc1ccccc1)C(=O)NCC. The van der Waals surface area contributed by atoms with Crippen molar-refractivity contribution >= 4 is 15.9 Å². The maximum atomic E-state index is 13.4. The van der Waals surface area contributed by atoms with Gasteiger partial charge in [0.15, 0.2) is 0 Å². The molecule has 0 aliphatic rings. The second-order valence-corrected chi connectivity index (χ2v) is 9.68. The van der Waals surface area contributed by atoms with Gasteiger partial charge in [-0.25, -0.2) is 18.2 Å². The molecule has 0 aliphatic carbocycles. The number of nitrogens with one attached hydrogen (secondary N) is 1. The molecule has 33 heavy (non-hydrogen) atoms. The molecule has 7 nitrogen and oxygen atoms in total. The number of carbonyl (C=O) groups excluding carboxylic acids is 1. The molecule has 0 aliphatic heterocycles. The van der Waals surface area contributed by atoms with Crippen molar-refractivity contribution in [3.8, 4) is 0 Å². The van der Waals surface area contributed by atoms with Gasteiger partial charge in [0.2, 0.25) is 15.0 Å². The van der Waals surface area contributed by atoms with Crippen LogP contribution in [-0.2, 0) is 28.7 Å². The van der Waals surface area contributed by atoms with Gasteiger partial charge in [0.05, 0.1) is 30.7 Å². The van der Waals surface area contributed by atoms with Crippen molar-refractivity contribution in [2.45, 2.75) is 37.8 Å². The molecule has 0 saturated carbocycles. The smallest absolute Gasteiger partial charge is 0.318 e. The number of hydrogen-bond donors (Lipinski definition) is 1. The molecule has 1 heterocycles. The summed E-state index contributed by atoms with van der Waals surface area (Å²) >= 11 is 0. The van der Waals surface area contributed by atoms with Crippen LogP contribution in [0.3, 0.4) is 0 Å². The number of benzene rings is 2. The molecule has 0 saturated heterocycles.